The van der Waals surface area contributed by atoms with E-state index < -0.39 is 0 Å². The normalized spacial score (nSPS) is 10.4. The van der Waals surface area contributed by atoms with E-state index in [1.54, 1.807) is 4.68 Å². The molecule has 18 heavy (non-hydrogen) atoms. The summed E-state index contributed by atoms with van der Waals surface area (Å²) in [6.07, 6.45) is 1.83. The van der Waals surface area contributed by atoms with Crippen LogP contribution in [0.5, 0.6) is 0 Å². The molecule has 0 unspecified atom stereocenters. The monoisotopic (exact) mass is 243 g/mol. The van der Waals surface area contributed by atoms with Gasteiger partial charge in [0, 0.05) is 25.4 Å². The van der Waals surface area contributed by atoms with E-state index in [1.807, 2.05) is 51.4 Å². The Morgan fingerprint density at radius 1 is 1.28 bits per heavy atom. The highest BCUT2D eigenvalue weighted by Gasteiger charge is 2.12. The first-order valence-corrected chi connectivity index (χ1v) is 5.90. The number of nitrogens with one attached hydrogen (secondary N) is 1. The van der Waals surface area contributed by atoms with Gasteiger partial charge < -0.3 is 5.32 Å². The number of carbonyl (C=O) groups excluding carboxylic acids is 1. The molecule has 0 fully saturated rings. The average molecular weight is 243 g/mol. The Balaban J connectivity index is 2.00. The van der Waals surface area contributed by atoms with Crippen LogP contribution in [-0.2, 0) is 13.6 Å². The molecule has 0 bridgehead atoms. The second-order valence-corrected chi connectivity index (χ2v) is 4.50. The maximum absolute atomic E-state index is 11.9. The highest BCUT2D eigenvalue weighted by Crippen LogP contribution is 2.06. The molecule has 0 aliphatic rings. The van der Waals surface area contributed by atoms with Gasteiger partial charge in [-0.3, -0.25) is 9.48 Å². The predicted octanol–water partition coefficient (Wildman–Crippen LogP) is 1.97. The minimum absolute atomic E-state index is 0.131. The topological polar surface area (TPSA) is 46.9 Å². The molecule has 1 N–H and O–H groups in total. The largest absolute Gasteiger partial charge is 0.347 e. The summed E-state index contributed by atoms with van der Waals surface area (Å²) < 4.78 is 1.65. The lowest BCUT2D eigenvalue weighted by Gasteiger charge is -2.04. The maximum Gasteiger partial charge on any atom is 0.272 e. The van der Waals surface area contributed by atoms with Crippen LogP contribution in [0, 0.1) is 13.8 Å². The van der Waals surface area contributed by atoms with Crippen molar-refractivity contribution < 1.29 is 4.79 Å². The third-order valence-electron chi connectivity index (χ3n) is 2.80. The van der Waals surface area contributed by atoms with E-state index in [0.717, 1.165) is 11.1 Å². The summed E-state index contributed by atoms with van der Waals surface area (Å²) in [5.74, 6) is -0.131. The number of amides is 1. The lowest BCUT2D eigenvalue weighted by Crippen LogP contribution is -2.24. The molecule has 1 aromatic heterocycles. The zero-order valence-corrected chi connectivity index (χ0v) is 10.9. The van der Waals surface area contributed by atoms with Crippen LogP contribution in [0.3, 0.4) is 0 Å². The van der Waals surface area contributed by atoms with Crippen molar-refractivity contribution in [2.45, 2.75) is 20.4 Å². The summed E-state index contributed by atoms with van der Waals surface area (Å²) in [6.45, 7) is 4.45. The number of aryl methyl sites for hydroxylation is 3. The Kier molecular flexibility index (Phi) is 3.46. The van der Waals surface area contributed by atoms with Crippen molar-refractivity contribution in [3.05, 3.63) is 52.8 Å². The van der Waals surface area contributed by atoms with Crippen LogP contribution in [0.4, 0.5) is 0 Å². The molecular weight excluding hydrogens is 226 g/mol. The summed E-state index contributed by atoms with van der Waals surface area (Å²) in [6, 6.07) is 8.10. The van der Waals surface area contributed by atoms with Crippen LogP contribution in [0.1, 0.15) is 27.2 Å². The second-order valence-electron chi connectivity index (χ2n) is 4.50. The van der Waals surface area contributed by atoms with E-state index in [-0.39, 0.29) is 5.91 Å². The van der Waals surface area contributed by atoms with Gasteiger partial charge in [-0.2, -0.15) is 5.10 Å². The van der Waals surface area contributed by atoms with Crippen molar-refractivity contribution in [1.82, 2.24) is 15.1 Å². The number of hydrogen-bond acceptors (Lipinski definition) is 2. The number of benzene rings is 1. The van der Waals surface area contributed by atoms with Gasteiger partial charge in [0.1, 0.15) is 0 Å². The van der Waals surface area contributed by atoms with Crippen LogP contribution in [0.15, 0.2) is 30.5 Å². The SMILES string of the molecule is Cc1ccc(CNC(=O)c2nn(C)cc2C)cc1. The molecule has 0 aliphatic carbocycles. The molecule has 2 aromatic rings. The third-order valence-corrected chi connectivity index (χ3v) is 2.80. The minimum atomic E-state index is -0.131. The average Bonchev–Trinajstić information content (AvgIpc) is 2.67. The molecule has 0 spiro atoms. The predicted molar refractivity (Wildman–Crippen MR) is 70.3 cm³/mol. The van der Waals surface area contributed by atoms with Gasteiger partial charge in [0.15, 0.2) is 5.69 Å². The minimum Gasteiger partial charge on any atom is -0.347 e. The Morgan fingerprint density at radius 2 is 1.94 bits per heavy atom. The second kappa shape index (κ2) is 5.04. The number of aromatic nitrogens is 2. The molecule has 4 nitrogen and oxygen atoms in total. The molecule has 94 valence electrons. The van der Waals surface area contributed by atoms with E-state index in [0.29, 0.717) is 12.2 Å². The molecule has 0 radical (unpaired) electrons. The fourth-order valence-corrected chi connectivity index (χ4v) is 1.80. The van der Waals surface area contributed by atoms with E-state index in [4.69, 9.17) is 0 Å². The standard InChI is InChI=1S/C14H17N3O/c1-10-4-6-12(7-5-10)8-15-14(18)13-11(2)9-17(3)16-13/h4-7,9H,8H2,1-3H3,(H,15,18). The van der Waals surface area contributed by atoms with Crippen molar-refractivity contribution in [1.29, 1.82) is 0 Å². The Bertz CT molecular complexity index is 555. The van der Waals surface area contributed by atoms with Gasteiger partial charge in [-0.05, 0) is 19.4 Å². The molecule has 1 amide bonds. The van der Waals surface area contributed by atoms with Crippen molar-refractivity contribution in [2.75, 3.05) is 0 Å². The molecular formula is C14H17N3O. The van der Waals surface area contributed by atoms with Crippen molar-refractivity contribution in [3.63, 3.8) is 0 Å². The Labute approximate surface area is 107 Å². The molecule has 0 saturated heterocycles. The zero-order chi connectivity index (χ0) is 13.1. The van der Waals surface area contributed by atoms with Gasteiger partial charge in [-0.1, -0.05) is 29.8 Å². The van der Waals surface area contributed by atoms with Gasteiger partial charge >= 0.3 is 0 Å². The smallest absolute Gasteiger partial charge is 0.272 e. The summed E-state index contributed by atoms with van der Waals surface area (Å²) in [7, 11) is 1.81. The molecule has 0 saturated carbocycles. The van der Waals surface area contributed by atoms with Crippen LogP contribution in [0.2, 0.25) is 0 Å². The first-order chi connectivity index (χ1) is 8.56. The van der Waals surface area contributed by atoms with Gasteiger partial charge in [0.05, 0.1) is 0 Å². The van der Waals surface area contributed by atoms with Crippen LogP contribution in [-0.4, -0.2) is 15.7 Å². The van der Waals surface area contributed by atoms with Crippen LogP contribution >= 0.6 is 0 Å². The number of rotatable bonds is 3. The van der Waals surface area contributed by atoms with Gasteiger partial charge in [-0.15, -0.1) is 0 Å². The lowest BCUT2D eigenvalue weighted by molar-refractivity contribution is 0.0944. The van der Waals surface area contributed by atoms with Crippen LogP contribution in [0.25, 0.3) is 0 Å². The number of nitrogens with zero attached hydrogens (tertiary/aromatic N) is 2. The first-order valence-electron chi connectivity index (χ1n) is 5.90. The van der Waals surface area contributed by atoms with Gasteiger partial charge in [-0.25, -0.2) is 0 Å². The van der Waals surface area contributed by atoms with E-state index in [2.05, 4.69) is 10.4 Å². The summed E-state index contributed by atoms with van der Waals surface area (Å²) in [5.41, 5.74) is 3.68. The Hall–Kier alpha value is -2.10. The van der Waals surface area contributed by atoms with Gasteiger partial charge in [0.2, 0.25) is 0 Å². The number of carbonyl (C=O) groups is 1. The first kappa shape index (κ1) is 12.4. The van der Waals surface area contributed by atoms with E-state index >= 15 is 0 Å². The van der Waals surface area contributed by atoms with Crippen molar-refractivity contribution >= 4 is 5.91 Å². The highest BCUT2D eigenvalue weighted by molar-refractivity contribution is 5.93. The fourth-order valence-electron chi connectivity index (χ4n) is 1.80. The highest BCUT2D eigenvalue weighted by atomic mass is 16.1. The molecule has 0 aliphatic heterocycles. The van der Waals surface area contributed by atoms with E-state index in [9.17, 15) is 4.79 Å². The molecule has 4 heteroatoms. The fraction of sp³-hybridized carbons (Fsp3) is 0.286. The molecule has 0 atom stereocenters. The van der Waals surface area contributed by atoms with E-state index in [1.165, 1.54) is 5.56 Å². The zero-order valence-electron chi connectivity index (χ0n) is 10.9. The number of hydrogen-bond donors (Lipinski definition) is 1. The van der Waals surface area contributed by atoms with Crippen molar-refractivity contribution in [3.8, 4) is 0 Å². The van der Waals surface area contributed by atoms with Gasteiger partial charge in [0.25, 0.3) is 5.91 Å². The quantitative estimate of drug-likeness (QED) is 0.895. The van der Waals surface area contributed by atoms with Crippen molar-refractivity contribution in [2.24, 2.45) is 7.05 Å². The Morgan fingerprint density at radius 3 is 2.50 bits per heavy atom. The summed E-state index contributed by atoms with van der Waals surface area (Å²) >= 11 is 0. The summed E-state index contributed by atoms with van der Waals surface area (Å²) in [4.78, 5) is 11.9. The van der Waals surface area contributed by atoms with Crippen LogP contribution < -0.4 is 5.32 Å². The third kappa shape index (κ3) is 2.77. The summed E-state index contributed by atoms with van der Waals surface area (Å²) in [5, 5.41) is 7.02. The molecule has 1 aromatic carbocycles. The molecule has 1 heterocycles. The maximum atomic E-state index is 11.9. The molecule has 2 rings (SSSR count). The lowest BCUT2D eigenvalue weighted by atomic mass is 10.1.